The van der Waals surface area contributed by atoms with Gasteiger partial charge in [0.15, 0.2) is 5.78 Å². The Labute approximate surface area is 242 Å². The topological polar surface area (TPSA) is 148 Å². The molecule has 0 spiro atoms. The summed E-state index contributed by atoms with van der Waals surface area (Å²) in [5.41, 5.74) is 2.80. The van der Waals surface area contributed by atoms with Crippen molar-refractivity contribution in [2.75, 3.05) is 7.11 Å². The largest absolute Gasteiger partial charge is 0.507 e. The first-order valence-electron chi connectivity index (χ1n) is 13.3. The summed E-state index contributed by atoms with van der Waals surface area (Å²) >= 11 is 0. The van der Waals surface area contributed by atoms with Gasteiger partial charge in [-0.3, -0.25) is 19.6 Å². The van der Waals surface area contributed by atoms with Gasteiger partial charge >= 0.3 is 5.97 Å². The molecule has 1 aliphatic rings. The summed E-state index contributed by atoms with van der Waals surface area (Å²) in [6.45, 7) is 3.31. The maximum Gasteiger partial charge on any atom is 0.306 e. The van der Waals surface area contributed by atoms with Gasteiger partial charge in [0.25, 0.3) is 0 Å². The molecule has 10 nitrogen and oxygen atoms in total. The number of aromatic nitrogens is 2. The number of hydrogen-bond donors (Lipinski definition) is 3. The van der Waals surface area contributed by atoms with Gasteiger partial charge in [0.1, 0.15) is 35.7 Å². The van der Waals surface area contributed by atoms with Crippen molar-refractivity contribution in [3.63, 3.8) is 0 Å². The second-order valence-electron chi connectivity index (χ2n) is 10.0. The van der Waals surface area contributed by atoms with Crippen molar-refractivity contribution in [2.45, 2.75) is 45.5 Å². The second-order valence-corrected chi connectivity index (χ2v) is 10.0. The maximum atomic E-state index is 12.7. The SMILES string of the molecule is COC(=O)C[C@H](c1ccc(OCc2ccccn2)cc1)c1c(O)c(C(C)=O)cc([C@@H]2OCc3cnc(C)c(O)c32)c1O. The van der Waals surface area contributed by atoms with Crippen LogP contribution < -0.4 is 4.74 Å². The van der Waals surface area contributed by atoms with Crippen LogP contribution in [0.25, 0.3) is 0 Å². The molecule has 0 aliphatic carbocycles. The summed E-state index contributed by atoms with van der Waals surface area (Å²) in [5, 5.41) is 33.8. The van der Waals surface area contributed by atoms with Crippen molar-refractivity contribution in [3.8, 4) is 23.0 Å². The molecule has 42 heavy (non-hydrogen) atoms. The van der Waals surface area contributed by atoms with Gasteiger partial charge in [-0.25, -0.2) is 0 Å². The third kappa shape index (κ3) is 5.48. The Morgan fingerprint density at radius 2 is 1.81 bits per heavy atom. The van der Waals surface area contributed by atoms with Gasteiger partial charge < -0.3 is 29.5 Å². The number of hydrogen-bond acceptors (Lipinski definition) is 10. The lowest BCUT2D eigenvalue weighted by molar-refractivity contribution is -0.140. The lowest BCUT2D eigenvalue weighted by Gasteiger charge is -2.24. The number of nitrogens with zero attached hydrogens (tertiary/aromatic N) is 2. The molecule has 0 amide bonds. The third-order valence-corrected chi connectivity index (χ3v) is 7.37. The molecule has 0 unspecified atom stereocenters. The van der Waals surface area contributed by atoms with E-state index < -0.39 is 29.5 Å². The number of phenolic OH excluding ortho intramolecular Hbond substituents is 2. The number of fused-ring (bicyclic) bond motifs is 1. The predicted octanol–water partition coefficient (Wildman–Crippen LogP) is 5.00. The third-order valence-electron chi connectivity index (χ3n) is 7.37. The van der Waals surface area contributed by atoms with Gasteiger partial charge in [-0.15, -0.1) is 0 Å². The molecule has 2 aromatic carbocycles. The summed E-state index contributed by atoms with van der Waals surface area (Å²) in [5.74, 6) is -2.32. The first-order valence-corrected chi connectivity index (χ1v) is 13.3. The summed E-state index contributed by atoms with van der Waals surface area (Å²) in [6.07, 6.45) is 2.08. The van der Waals surface area contributed by atoms with E-state index in [1.165, 1.54) is 20.1 Å². The van der Waals surface area contributed by atoms with Crippen LogP contribution in [0.15, 0.2) is 60.9 Å². The minimum atomic E-state index is -0.944. The van der Waals surface area contributed by atoms with E-state index in [4.69, 9.17) is 14.2 Å². The Morgan fingerprint density at radius 1 is 1.05 bits per heavy atom. The predicted molar refractivity (Wildman–Crippen MR) is 151 cm³/mol. The number of carbonyl (C=O) groups is 2. The average molecular weight is 571 g/mol. The number of aromatic hydroxyl groups is 3. The number of pyridine rings is 2. The molecular weight excluding hydrogens is 540 g/mol. The van der Waals surface area contributed by atoms with Gasteiger partial charge in [0, 0.05) is 40.6 Å². The molecule has 2 aromatic heterocycles. The van der Waals surface area contributed by atoms with Gasteiger partial charge in [-0.1, -0.05) is 18.2 Å². The van der Waals surface area contributed by atoms with Gasteiger partial charge in [0.05, 0.1) is 37.1 Å². The van der Waals surface area contributed by atoms with Gasteiger partial charge in [0.2, 0.25) is 0 Å². The first kappa shape index (κ1) is 28.6. The maximum absolute atomic E-state index is 12.7. The number of ketones is 1. The highest BCUT2D eigenvalue weighted by atomic mass is 16.5. The fraction of sp³-hybridized carbons (Fsp3) is 0.250. The Morgan fingerprint density at radius 3 is 2.48 bits per heavy atom. The smallest absolute Gasteiger partial charge is 0.306 e. The minimum Gasteiger partial charge on any atom is -0.507 e. The zero-order valence-electron chi connectivity index (χ0n) is 23.3. The molecule has 1 aliphatic heterocycles. The number of benzene rings is 2. The van der Waals surface area contributed by atoms with Crippen molar-refractivity contribution in [1.82, 2.24) is 9.97 Å². The lowest BCUT2D eigenvalue weighted by atomic mass is 9.83. The molecule has 3 heterocycles. The molecule has 4 aromatic rings. The van der Waals surface area contributed by atoms with Crippen LogP contribution in [0.1, 0.15) is 74.9 Å². The fourth-order valence-corrected chi connectivity index (χ4v) is 5.14. The van der Waals surface area contributed by atoms with Gasteiger partial charge in [-0.05, 0) is 49.7 Å². The van der Waals surface area contributed by atoms with Crippen LogP contribution in [0.3, 0.4) is 0 Å². The Bertz CT molecular complexity index is 1640. The number of Topliss-reactive ketones (excluding diaryl/α,β-unsaturated/α-hetero) is 1. The molecule has 0 saturated heterocycles. The van der Waals surface area contributed by atoms with E-state index in [1.54, 1.807) is 43.6 Å². The number of esters is 1. The van der Waals surface area contributed by atoms with Crippen LogP contribution >= 0.6 is 0 Å². The van der Waals surface area contributed by atoms with E-state index >= 15 is 0 Å². The highest BCUT2D eigenvalue weighted by Crippen LogP contribution is 2.50. The van der Waals surface area contributed by atoms with Crippen LogP contribution in [-0.4, -0.2) is 44.1 Å². The number of rotatable bonds is 9. The molecule has 0 saturated carbocycles. The summed E-state index contributed by atoms with van der Waals surface area (Å²) in [4.78, 5) is 33.7. The lowest BCUT2D eigenvalue weighted by Crippen LogP contribution is -2.13. The molecule has 0 radical (unpaired) electrons. The fourth-order valence-electron chi connectivity index (χ4n) is 5.14. The average Bonchev–Trinajstić information content (AvgIpc) is 3.42. The Balaban J connectivity index is 1.59. The zero-order valence-corrected chi connectivity index (χ0v) is 23.3. The molecule has 0 fully saturated rings. The van der Waals surface area contributed by atoms with E-state index in [0.29, 0.717) is 28.1 Å². The molecule has 5 rings (SSSR count). The molecule has 10 heteroatoms. The van der Waals surface area contributed by atoms with E-state index in [1.807, 2.05) is 18.2 Å². The van der Waals surface area contributed by atoms with Crippen molar-refractivity contribution in [3.05, 3.63) is 106 Å². The van der Waals surface area contributed by atoms with Crippen LogP contribution in [-0.2, 0) is 27.5 Å². The van der Waals surface area contributed by atoms with Crippen LogP contribution in [0.2, 0.25) is 0 Å². The zero-order chi connectivity index (χ0) is 30.0. The van der Waals surface area contributed by atoms with Crippen molar-refractivity contribution in [1.29, 1.82) is 0 Å². The molecule has 2 atom stereocenters. The van der Waals surface area contributed by atoms with E-state index in [2.05, 4.69) is 9.97 Å². The monoisotopic (exact) mass is 570 g/mol. The van der Waals surface area contributed by atoms with E-state index in [-0.39, 0.29) is 47.8 Å². The van der Waals surface area contributed by atoms with Crippen LogP contribution in [0.4, 0.5) is 0 Å². The van der Waals surface area contributed by atoms with Crippen molar-refractivity contribution >= 4 is 11.8 Å². The van der Waals surface area contributed by atoms with E-state index in [9.17, 15) is 24.9 Å². The van der Waals surface area contributed by atoms with E-state index in [0.717, 1.165) is 5.69 Å². The molecule has 216 valence electrons. The number of phenols is 2. The molecule has 3 N–H and O–H groups in total. The number of carbonyl (C=O) groups excluding carboxylic acids is 2. The Hall–Kier alpha value is -4.96. The van der Waals surface area contributed by atoms with Crippen molar-refractivity contribution < 1.29 is 39.1 Å². The van der Waals surface area contributed by atoms with Crippen LogP contribution in [0, 0.1) is 6.92 Å². The molecule has 0 bridgehead atoms. The number of methoxy groups -OCH3 is 1. The molecular formula is C32H30N2O8. The number of aryl methyl sites for hydroxylation is 1. The first-order chi connectivity index (χ1) is 20.2. The highest BCUT2D eigenvalue weighted by Gasteiger charge is 2.36. The summed E-state index contributed by atoms with van der Waals surface area (Å²) in [6, 6.07) is 13.7. The van der Waals surface area contributed by atoms with Crippen LogP contribution in [0.5, 0.6) is 23.0 Å². The summed E-state index contributed by atoms with van der Waals surface area (Å²) in [7, 11) is 1.24. The van der Waals surface area contributed by atoms with Gasteiger partial charge in [-0.2, -0.15) is 0 Å². The summed E-state index contributed by atoms with van der Waals surface area (Å²) < 4.78 is 16.7. The quantitative estimate of drug-likeness (QED) is 0.185. The number of ether oxygens (including phenoxy) is 3. The highest BCUT2D eigenvalue weighted by molar-refractivity contribution is 5.98. The van der Waals surface area contributed by atoms with Crippen molar-refractivity contribution in [2.24, 2.45) is 0 Å². The second kappa shape index (κ2) is 11.9. The Kier molecular flexibility index (Phi) is 8.08. The normalized spacial score (nSPS) is 14.7. The standard InChI is InChI=1S/C32H30N2O8/c1-17-29(37)27-20(14-34-17)15-42-32(27)25-12-23(18(2)35)30(38)28(31(25)39)24(13-26(36)40-3)19-7-9-22(10-8-19)41-16-21-6-4-5-11-33-21/h4-12,14,24,32,37-39H,13,15-16H2,1-3H3/t24-,32+/m1/s1. The minimum absolute atomic E-state index is 0.0347.